The molecule has 0 radical (unpaired) electrons. The monoisotopic (exact) mass is 444 g/mol. The Balaban J connectivity index is 1.69. The number of nitrogens with one attached hydrogen (secondary N) is 2. The maximum atomic E-state index is 15.2. The second-order valence-corrected chi connectivity index (χ2v) is 7.49. The lowest BCUT2D eigenvalue weighted by Gasteiger charge is -2.28. The molecule has 0 saturated carbocycles. The Morgan fingerprint density at radius 1 is 1.06 bits per heavy atom. The first-order valence-electron chi connectivity index (χ1n) is 9.99. The number of aromatic nitrogens is 1. The molecule has 1 aliphatic heterocycles. The number of hydrogen-bond donors (Lipinski definition) is 2. The average Bonchev–Trinajstić information content (AvgIpc) is 3.30. The van der Waals surface area contributed by atoms with Gasteiger partial charge in [-0.25, -0.2) is 17.6 Å². The third-order valence-corrected chi connectivity index (χ3v) is 5.56. The molecule has 32 heavy (non-hydrogen) atoms. The van der Waals surface area contributed by atoms with Crippen LogP contribution in [0.25, 0.3) is 11.1 Å². The number of benzene rings is 2. The van der Waals surface area contributed by atoms with Crippen LogP contribution in [0.4, 0.5) is 28.9 Å². The first-order valence-corrected chi connectivity index (χ1v) is 9.99. The van der Waals surface area contributed by atoms with Crippen molar-refractivity contribution in [2.45, 2.75) is 12.5 Å². The number of nitrogens with zero attached hydrogens (tertiary/aromatic N) is 2. The predicted molar refractivity (Wildman–Crippen MR) is 114 cm³/mol. The number of hydrogen-bond acceptors (Lipinski definition) is 4. The fourth-order valence-corrected chi connectivity index (χ4v) is 3.84. The van der Waals surface area contributed by atoms with Gasteiger partial charge >= 0.3 is 0 Å². The quantitative estimate of drug-likeness (QED) is 0.575. The Hall–Kier alpha value is -3.46. The van der Waals surface area contributed by atoms with Gasteiger partial charge in [0.15, 0.2) is 0 Å². The van der Waals surface area contributed by atoms with E-state index in [1.54, 1.807) is 12.3 Å². The summed E-state index contributed by atoms with van der Waals surface area (Å²) in [6.07, 6.45) is 3.91. The Labute approximate surface area is 182 Å². The molecule has 9 heteroatoms. The van der Waals surface area contributed by atoms with Gasteiger partial charge in [0.2, 0.25) is 0 Å². The third kappa shape index (κ3) is 4.03. The van der Waals surface area contributed by atoms with E-state index in [0.717, 1.165) is 49.8 Å². The second-order valence-electron chi connectivity index (χ2n) is 7.49. The van der Waals surface area contributed by atoms with Crippen LogP contribution in [0.15, 0.2) is 48.8 Å². The van der Waals surface area contributed by atoms with Crippen LogP contribution in [0.1, 0.15) is 16.8 Å². The minimum atomic E-state index is -1.36. The summed E-state index contributed by atoms with van der Waals surface area (Å²) in [7, 11) is 1.88. The molecule has 0 unspecified atom stereocenters. The van der Waals surface area contributed by atoms with Crippen LogP contribution in [0, 0.1) is 23.3 Å². The van der Waals surface area contributed by atoms with Crippen molar-refractivity contribution in [2.24, 2.45) is 0 Å². The van der Waals surface area contributed by atoms with Crippen LogP contribution in [0.5, 0.6) is 0 Å². The van der Waals surface area contributed by atoms with Crippen LogP contribution >= 0.6 is 0 Å². The summed E-state index contributed by atoms with van der Waals surface area (Å²) in [5.41, 5.74) is -1.36. The Kier molecular flexibility index (Phi) is 6.09. The van der Waals surface area contributed by atoms with E-state index in [2.05, 4.69) is 15.6 Å². The lowest BCUT2D eigenvalue weighted by atomic mass is 9.99. The van der Waals surface area contributed by atoms with Gasteiger partial charge in [0.25, 0.3) is 5.91 Å². The van der Waals surface area contributed by atoms with Gasteiger partial charge in [-0.05, 0) is 43.3 Å². The van der Waals surface area contributed by atoms with E-state index < -0.39 is 45.9 Å². The number of halogens is 4. The molecule has 0 bridgehead atoms. The SMILES string of the molecule is CN(c1ccncc1NC(=O)c1ccc(F)c(-c2c(F)cccc2F)c1F)[C@H]1CCNC1. The van der Waals surface area contributed by atoms with Crippen LogP contribution < -0.4 is 15.5 Å². The number of rotatable bonds is 5. The first-order chi connectivity index (χ1) is 15.4. The number of anilines is 2. The average molecular weight is 444 g/mol. The predicted octanol–water partition coefficient (Wildman–Crippen LogP) is 4.36. The third-order valence-electron chi connectivity index (χ3n) is 5.56. The molecular weight excluding hydrogens is 424 g/mol. The number of likely N-dealkylation sites (N-methyl/N-ethyl adjacent to an activating group) is 1. The van der Waals surface area contributed by atoms with Gasteiger partial charge in [-0.15, -0.1) is 0 Å². The van der Waals surface area contributed by atoms with Crippen LogP contribution in [-0.4, -0.2) is 37.1 Å². The number of pyridine rings is 1. The van der Waals surface area contributed by atoms with Crippen molar-refractivity contribution >= 4 is 17.3 Å². The molecule has 5 nitrogen and oxygen atoms in total. The first kappa shape index (κ1) is 21.8. The summed E-state index contributed by atoms with van der Waals surface area (Å²) in [6.45, 7) is 1.65. The van der Waals surface area contributed by atoms with E-state index in [9.17, 15) is 18.0 Å². The van der Waals surface area contributed by atoms with Gasteiger partial charge in [0.05, 0.1) is 34.3 Å². The minimum absolute atomic E-state index is 0.200. The summed E-state index contributed by atoms with van der Waals surface area (Å²) < 4.78 is 57.9. The van der Waals surface area contributed by atoms with Gasteiger partial charge < -0.3 is 15.5 Å². The number of carbonyl (C=O) groups excluding carboxylic acids is 1. The summed E-state index contributed by atoms with van der Waals surface area (Å²) in [6, 6.07) is 6.52. The van der Waals surface area contributed by atoms with E-state index in [1.165, 1.54) is 6.20 Å². The van der Waals surface area contributed by atoms with Crippen molar-refractivity contribution in [2.75, 3.05) is 30.4 Å². The van der Waals surface area contributed by atoms with E-state index >= 15 is 4.39 Å². The van der Waals surface area contributed by atoms with Gasteiger partial charge in [0, 0.05) is 25.8 Å². The summed E-state index contributed by atoms with van der Waals surface area (Å²) >= 11 is 0. The standard InChI is InChI=1S/C23H20F4N4O/c1-31(13-7-9-28-11-13)19-8-10-29-12-18(19)30-23(32)14-5-6-17(26)21(22(14)27)20-15(24)3-2-4-16(20)25/h2-6,8,10,12-13,28H,7,9,11H2,1H3,(H,30,32)/t13-/m0/s1. The molecule has 1 saturated heterocycles. The molecule has 1 atom stereocenters. The van der Waals surface area contributed by atoms with Gasteiger partial charge in [0.1, 0.15) is 23.3 Å². The fourth-order valence-electron chi connectivity index (χ4n) is 3.84. The Bertz CT molecular complexity index is 1140. The van der Waals surface area contributed by atoms with Crippen molar-refractivity contribution in [3.8, 4) is 11.1 Å². The molecule has 4 rings (SSSR count). The highest BCUT2D eigenvalue weighted by Crippen LogP contribution is 2.33. The second kappa shape index (κ2) is 8.96. The minimum Gasteiger partial charge on any atom is -0.369 e. The lowest BCUT2D eigenvalue weighted by Crippen LogP contribution is -2.34. The highest BCUT2D eigenvalue weighted by Gasteiger charge is 2.26. The highest BCUT2D eigenvalue weighted by atomic mass is 19.1. The molecule has 3 aromatic rings. The van der Waals surface area contributed by atoms with Crippen LogP contribution in [0.2, 0.25) is 0 Å². The molecule has 1 aliphatic rings. The van der Waals surface area contributed by atoms with Gasteiger partial charge in [-0.3, -0.25) is 9.78 Å². The van der Waals surface area contributed by atoms with E-state index in [4.69, 9.17) is 0 Å². The van der Waals surface area contributed by atoms with Gasteiger partial charge in [-0.1, -0.05) is 6.07 Å². The summed E-state index contributed by atoms with van der Waals surface area (Å²) in [5.74, 6) is -5.71. The largest absolute Gasteiger partial charge is 0.369 e. The maximum Gasteiger partial charge on any atom is 0.258 e. The van der Waals surface area contributed by atoms with Crippen molar-refractivity contribution < 1.29 is 22.4 Å². The van der Waals surface area contributed by atoms with E-state index in [0.29, 0.717) is 11.4 Å². The Morgan fingerprint density at radius 2 is 1.78 bits per heavy atom. The zero-order valence-corrected chi connectivity index (χ0v) is 17.1. The molecule has 2 heterocycles. The molecule has 0 spiro atoms. The van der Waals surface area contributed by atoms with E-state index in [-0.39, 0.29) is 6.04 Å². The fraction of sp³-hybridized carbons (Fsp3) is 0.217. The molecular formula is C23H20F4N4O. The molecule has 1 fully saturated rings. The molecule has 0 aliphatic carbocycles. The number of carbonyl (C=O) groups is 1. The van der Waals surface area contributed by atoms with Crippen molar-refractivity contribution in [1.29, 1.82) is 0 Å². The molecule has 2 aromatic carbocycles. The maximum absolute atomic E-state index is 15.2. The van der Waals surface area contributed by atoms with Crippen LogP contribution in [0.3, 0.4) is 0 Å². The Morgan fingerprint density at radius 3 is 2.47 bits per heavy atom. The zero-order chi connectivity index (χ0) is 22.8. The number of amides is 1. The lowest BCUT2D eigenvalue weighted by molar-refractivity contribution is 0.102. The smallest absolute Gasteiger partial charge is 0.258 e. The van der Waals surface area contributed by atoms with Crippen molar-refractivity contribution in [1.82, 2.24) is 10.3 Å². The van der Waals surface area contributed by atoms with E-state index in [1.807, 2.05) is 11.9 Å². The normalized spacial score (nSPS) is 15.6. The molecule has 1 amide bonds. The highest BCUT2D eigenvalue weighted by molar-refractivity contribution is 6.06. The van der Waals surface area contributed by atoms with Crippen LogP contribution in [-0.2, 0) is 0 Å². The molecule has 1 aromatic heterocycles. The van der Waals surface area contributed by atoms with Crippen molar-refractivity contribution in [3.05, 3.63) is 77.6 Å². The summed E-state index contributed by atoms with van der Waals surface area (Å²) in [4.78, 5) is 18.9. The summed E-state index contributed by atoms with van der Waals surface area (Å²) in [5, 5.41) is 5.85. The van der Waals surface area contributed by atoms with Crippen molar-refractivity contribution in [3.63, 3.8) is 0 Å². The topological polar surface area (TPSA) is 57.3 Å². The zero-order valence-electron chi connectivity index (χ0n) is 17.1. The van der Waals surface area contributed by atoms with Gasteiger partial charge in [-0.2, -0.15) is 0 Å². The molecule has 2 N–H and O–H groups in total. The molecule has 166 valence electrons.